The fraction of sp³-hybridized carbons (Fsp3) is 0.391. The number of nitrogens with one attached hydrogen (secondary N) is 1. The first kappa shape index (κ1) is 23.4. The van der Waals surface area contributed by atoms with Gasteiger partial charge in [0.25, 0.3) is 5.91 Å². The van der Waals surface area contributed by atoms with Crippen molar-refractivity contribution in [2.75, 3.05) is 6.54 Å². The summed E-state index contributed by atoms with van der Waals surface area (Å²) in [7, 11) is 0. The second kappa shape index (κ2) is 10.9. The number of carbonyl (C=O) groups excluding carboxylic acids is 1. The molecule has 0 fully saturated rings. The Morgan fingerprint density at radius 1 is 1.06 bits per heavy atom. The van der Waals surface area contributed by atoms with Crippen molar-refractivity contribution in [3.05, 3.63) is 71.8 Å². The zero-order valence-corrected chi connectivity index (χ0v) is 17.8. The molecule has 0 saturated carbocycles. The number of aromatic nitrogens is 4. The standard InChI is InChI=1S/C23H26F3N5O/c1-2-3-4-6-12-18(17-10-7-5-8-11-17)15-29-21(32)19-16-31(22-27-13-9-14-28-22)30-20(19)23(24,25)26/h5,7-11,13-14,16,18H,2-4,6,12,15H2,1H3,(H,29,32). The molecule has 1 N–H and O–H groups in total. The quantitative estimate of drug-likeness (QED) is 0.437. The summed E-state index contributed by atoms with van der Waals surface area (Å²) in [6, 6.07) is 11.2. The molecule has 1 aromatic carbocycles. The van der Waals surface area contributed by atoms with Crippen molar-refractivity contribution in [2.24, 2.45) is 0 Å². The van der Waals surface area contributed by atoms with E-state index in [0.717, 1.165) is 48.5 Å². The highest BCUT2D eigenvalue weighted by atomic mass is 19.4. The first-order valence-electron chi connectivity index (χ1n) is 10.7. The van der Waals surface area contributed by atoms with Crippen LogP contribution in [0.1, 0.15) is 66.6 Å². The molecule has 0 spiro atoms. The van der Waals surface area contributed by atoms with Crippen LogP contribution in [-0.2, 0) is 6.18 Å². The molecular weight excluding hydrogens is 419 g/mol. The molecule has 0 saturated heterocycles. The summed E-state index contributed by atoms with van der Waals surface area (Å²) in [5, 5.41) is 6.22. The van der Waals surface area contributed by atoms with E-state index in [-0.39, 0.29) is 18.4 Å². The fourth-order valence-electron chi connectivity index (χ4n) is 3.50. The van der Waals surface area contributed by atoms with Crippen molar-refractivity contribution >= 4 is 5.91 Å². The van der Waals surface area contributed by atoms with Crippen LogP contribution >= 0.6 is 0 Å². The second-order valence-electron chi connectivity index (χ2n) is 7.55. The number of rotatable bonds is 10. The van der Waals surface area contributed by atoms with Crippen molar-refractivity contribution in [1.82, 2.24) is 25.1 Å². The van der Waals surface area contributed by atoms with E-state index < -0.39 is 23.3 Å². The van der Waals surface area contributed by atoms with Crippen molar-refractivity contribution in [2.45, 2.75) is 51.1 Å². The Hall–Kier alpha value is -3.23. The molecule has 0 aliphatic carbocycles. The first-order valence-corrected chi connectivity index (χ1v) is 10.7. The predicted octanol–water partition coefficient (Wildman–Crippen LogP) is 5.17. The number of alkyl halides is 3. The maximum Gasteiger partial charge on any atom is 0.435 e. The third-order valence-corrected chi connectivity index (χ3v) is 5.17. The molecule has 1 unspecified atom stereocenters. The molecule has 0 radical (unpaired) electrons. The van der Waals surface area contributed by atoms with Gasteiger partial charge in [-0.1, -0.05) is 62.9 Å². The summed E-state index contributed by atoms with van der Waals surface area (Å²) in [5.74, 6) is -0.858. The fourth-order valence-corrected chi connectivity index (χ4v) is 3.50. The van der Waals surface area contributed by atoms with Crippen LogP contribution < -0.4 is 5.32 Å². The van der Waals surface area contributed by atoms with Crippen molar-refractivity contribution in [3.8, 4) is 5.95 Å². The number of unbranched alkanes of at least 4 members (excludes halogenated alkanes) is 3. The van der Waals surface area contributed by atoms with E-state index in [1.807, 2.05) is 30.3 Å². The Morgan fingerprint density at radius 2 is 1.78 bits per heavy atom. The molecule has 1 amide bonds. The molecule has 0 aliphatic heterocycles. The van der Waals surface area contributed by atoms with Crippen molar-refractivity contribution < 1.29 is 18.0 Å². The minimum absolute atomic E-state index is 0.0128. The van der Waals surface area contributed by atoms with Crippen LogP contribution in [-0.4, -0.2) is 32.2 Å². The summed E-state index contributed by atoms with van der Waals surface area (Å²) < 4.78 is 41.5. The Morgan fingerprint density at radius 3 is 2.44 bits per heavy atom. The number of hydrogen-bond acceptors (Lipinski definition) is 4. The maximum absolute atomic E-state index is 13.5. The van der Waals surface area contributed by atoms with Gasteiger partial charge in [-0.2, -0.15) is 18.3 Å². The smallest absolute Gasteiger partial charge is 0.351 e. The van der Waals surface area contributed by atoms with Gasteiger partial charge < -0.3 is 5.32 Å². The number of carbonyl (C=O) groups is 1. The molecule has 32 heavy (non-hydrogen) atoms. The molecular formula is C23H26F3N5O. The monoisotopic (exact) mass is 445 g/mol. The van der Waals surface area contributed by atoms with Gasteiger partial charge in [-0.05, 0) is 18.1 Å². The first-order chi connectivity index (χ1) is 15.4. The van der Waals surface area contributed by atoms with Crippen LogP contribution in [0.2, 0.25) is 0 Å². The molecule has 6 nitrogen and oxygen atoms in total. The molecule has 2 aromatic heterocycles. The van der Waals surface area contributed by atoms with Crippen LogP contribution in [0, 0.1) is 0 Å². The number of nitrogens with zero attached hydrogens (tertiary/aromatic N) is 4. The number of amides is 1. The number of benzene rings is 1. The third kappa shape index (κ3) is 6.15. The molecule has 1 atom stereocenters. The Kier molecular flexibility index (Phi) is 7.97. The lowest BCUT2D eigenvalue weighted by atomic mass is 9.93. The highest BCUT2D eigenvalue weighted by Gasteiger charge is 2.39. The predicted molar refractivity (Wildman–Crippen MR) is 114 cm³/mol. The molecule has 0 aliphatic rings. The van der Waals surface area contributed by atoms with E-state index in [1.165, 1.54) is 18.5 Å². The second-order valence-corrected chi connectivity index (χ2v) is 7.55. The minimum atomic E-state index is -4.79. The summed E-state index contributed by atoms with van der Waals surface area (Å²) >= 11 is 0. The van der Waals surface area contributed by atoms with Gasteiger partial charge in [-0.25, -0.2) is 14.6 Å². The highest BCUT2D eigenvalue weighted by Crippen LogP contribution is 2.31. The van der Waals surface area contributed by atoms with Gasteiger partial charge in [0.05, 0.1) is 5.56 Å². The summed E-state index contributed by atoms with van der Waals surface area (Å²) in [6.07, 6.45) is 4.16. The molecule has 0 bridgehead atoms. The Labute approximate surface area is 184 Å². The topological polar surface area (TPSA) is 72.7 Å². The summed E-state index contributed by atoms with van der Waals surface area (Å²) in [6.45, 7) is 2.37. The molecule has 3 aromatic rings. The van der Waals surface area contributed by atoms with Crippen molar-refractivity contribution in [1.29, 1.82) is 0 Å². The van der Waals surface area contributed by atoms with Gasteiger partial charge in [0, 0.05) is 31.1 Å². The van der Waals surface area contributed by atoms with Gasteiger partial charge in [0.1, 0.15) is 0 Å². The Bertz CT molecular complexity index is 990. The van der Waals surface area contributed by atoms with Crippen LogP contribution in [0.4, 0.5) is 13.2 Å². The van der Waals surface area contributed by atoms with Crippen LogP contribution in [0.5, 0.6) is 0 Å². The average molecular weight is 445 g/mol. The normalized spacial score (nSPS) is 12.5. The third-order valence-electron chi connectivity index (χ3n) is 5.17. The van der Waals surface area contributed by atoms with E-state index in [2.05, 4.69) is 27.3 Å². The summed E-state index contributed by atoms with van der Waals surface area (Å²) in [5.41, 5.74) is -0.766. The van der Waals surface area contributed by atoms with E-state index in [4.69, 9.17) is 0 Å². The van der Waals surface area contributed by atoms with Gasteiger partial charge >= 0.3 is 6.18 Å². The van der Waals surface area contributed by atoms with Gasteiger partial charge in [-0.3, -0.25) is 4.79 Å². The summed E-state index contributed by atoms with van der Waals surface area (Å²) in [4.78, 5) is 20.6. The van der Waals surface area contributed by atoms with Crippen LogP contribution in [0.3, 0.4) is 0 Å². The molecule has 9 heteroatoms. The Balaban J connectivity index is 1.77. The highest BCUT2D eigenvalue weighted by molar-refractivity contribution is 5.95. The van der Waals surface area contributed by atoms with Gasteiger partial charge in [-0.15, -0.1) is 0 Å². The number of halogens is 3. The average Bonchev–Trinajstić information content (AvgIpc) is 3.26. The van der Waals surface area contributed by atoms with Gasteiger partial charge in [0.15, 0.2) is 5.69 Å². The lowest BCUT2D eigenvalue weighted by Crippen LogP contribution is -2.30. The largest absolute Gasteiger partial charge is 0.435 e. The van der Waals surface area contributed by atoms with Crippen LogP contribution in [0.15, 0.2) is 55.0 Å². The minimum Gasteiger partial charge on any atom is -0.351 e. The zero-order valence-electron chi connectivity index (χ0n) is 17.8. The van der Waals surface area contributed by atoms with Gasteiger partial charge in [0.2, 0.25) is 5.95 Å². The number of hydrogen-bond donors (Lipinski definition) is 1. The van der Waals surface area contributed by atoms with E-state index in [9.17, 15) is 18.0 Å². The zero-order chi connectivity index (χ0) is 23.0. The van der Waals surface area contributed by atoms with E-state index in [1.54, 1.807) is 0 Å². The van der Waals surface area contributed by atoms with Crippen molar-refractivity contribution in [3.63, 3.8) is 0 Å². The van der Waals surface area contributed by atoms with Crippen LogP contribution in [0.25, 0.3) is 5.95 Å². The lowest BCUT2D eigenvalue weighted by Gasteiger charge is -2.18. The molecule has 170 valence electrons. The molecule has 3 rings (SSSR count). The molecule has 2 heterocycles. The lowest BCUT2D eigenvalue weighted by molar-refractivity contribution is -0.141. The SMILES string of the molecule is CCCCCCC(CNC(=O)c1cn(-c2ncccn2)nc1C(F)(F)F)c1ccccc1. The maximum atomic E-state index is 13.5. The van der Waals surface area contributed by atoms with E-state index >= 15 is 0 Å². The van der Waals surface area contributed by atoms with E-state index in [0.29, 0.717) is 0 Å².